The molecular formula is C22H19Cl2IN5O3P. The molecule has 0 bridgehead atoms. The summed E-state index contributed by atoms with van der Waals surface area (Å²) in [6.07, 6.45) is 6.99. The standard InChI is InChI=1S/C20H13Cl2IN5O3P.C2H6/c21-15-8-24-9-16(22)14(15)10-31-12-3-6-19-13(7-12)17(27-28(19)32-23)4-1-11-2-5-18(20(29)30)26-25-11;1-2/h1-9,32H,10H2,(H,29,30);1-2H3/b4-1+;. The Balaban J connectivity index is 0.00000158. The quantitative estimate of drug-likeness (QED) is 0.177. The van der Waals surface area contributed by atoms with Gasteiger partial charge in [0.1, 0.15) is 12.4 Å². The second-order valence-electron chi connectivity index (χ2n) is 6.41. The largest absolute Gasteiger partial charge is 0.489 e. The van der Waals surface area contributed by atoms with E-state index in [0.29, 0.717) is 33.4 Å². The number of fused-ring (bicyclic) bond motifs is 1. The number of carbonyl (C=O) groups is 1. The number of hydrogen-bond donors (Lipinski definition) is 1. The van der Waals surface area contributed by atoms with Crippen molar-refractivity contribution in [1.29, 1.82) is 0 Å². The molecule has 1 atom stereocenters. The Kier molecular flexibility index (Phi) is 9.58. The topological polar surface area (TPSA) is 103 Å². The van der Waals surface area contributed by atoms with E-state index in [0.717, 1.165) is 16.6 Å². The van der Waals surface area contributed by atoms with Crippen LogP contribution in [0.1, 0.15) is 41.3 Å². The maximum atomic E-state index is 10.9. The van der Waals surface area contributed by atoms with Crippen molar-refractivity contribution in [2.24, 2.45) is 0 Å². The number of carboxylic acids is 1. The van der Waals surface area contributed by atoms with Crippen molar-refractivity contribution in [2.75, 3.05) is 0 Å². The van der Waals surface area contributed by atoms with Crippen LogP contribution in [0.3, 0.4) is 0 Å². The summed E-state index contributed by atoms with van der Waals surface area (Å²) in [6, 6.07) is 8.70. The van der Waals surface area contributed by atoms with Gasteiger partial charge < -0.3 is 9.84 Å². The number of aromatic nitrogens is 5. The lowest BCUT2D eigenvalue weighted by Gasteiger charge is -2.09. The first-order chi connectivity index (χ1) is 16.5. The van der Waals surface area contributed by atoms with Crippen molar-refractivity contribution >= 4 is 80.6 Å². The molecule has 1 unspecified atom stereocenters. The van der Waals surface area contributed by atoms with E-state index in [1.807, 2.05) is 36.5 Å². The highest BCUT2D eigenvalue weighted by atomic mass is 127. The summed E-state index contributed by atoms with van der Waals surface area (Å²) < 4.78 is 7.82. The minimum absolute atomic E-state index is 0.112. The summed E-state index contributed by atoms with van der Waals surface area (Å²) in [5, 5.41) is 23.0. The van der Waals surface area contributed by atoms with Gasteiger partial charge in [-0.2, -0.15) is 10.2 Å². The van der Waals surface area contributed by atoms with Gasteiger partial charge >= 0.3 is 5.97 Å². The molecule has 0 spiro atoms. The molecule has 176 valence electrons. The number of ether oxygens (including phenoxy) is 1. The first kappa shape index (κ1) is 26.3. The highest BCUT2D eigenvalue weighted by Crippen LogP contribution is 2.33. The second-order valence-corrected chi connectivity index (χ2v) is 9.27. The number of benzene rings is 1. The van der Waals surface area contributed by atoms with Crippen molar-refractivity contribution in [3.63, 3.8) is 0 Å². The normalized spacial score (nSPS) is 11.2. The fourth-order valence-corrected chi connectivity index (χ4v) is 4.85. The van der Waals surface area contributed by atoms with Gasteiger partial charge in [0.25, 0.3) is 0 Å². The monoisotopic (exact) mass is 629 g/mol. The Morgan fingerprint density at radius 1 is 1.15 bits per heavy atom. The number of aromatic carboxylic acids is 1. The van der Waals surface area contributed by atoms with Crippen molar-refractivity contribution in [3.05, 3.63) is 75.4 Å². The van der Waals surface area contributed by atoms with Gasteiger partial charge in [-0.15, -0.1) is 5.10 Å². The zero-order valence-corrected chi connectivity index (χ0v) is 22.7. The van der Waals surface area contributed by atoms with Gasteiger partial charge in [-0.3, -0.25) is 4.98 Å². The van der Waals surface area contributed by atoms with Crippen molar-refractivity contribution < 1.29 is 14.6 Å². The zero-order valence-electron chi connectivity index (χ0n) is 18.0. The number of nitrogens with zero attached hydrogens (tertiary/aromatic N) is 5. The van der Waals surface area contributed by atoms with Gasteiger partial charge in [0.15, 0.2) is 5.69 Å². The molecule has 0 radical (unpaired) electrons. The summed E-state index contributed by atoms with van der Waals surface area (Å²) in [7, 11) is 0. The molecule has 0 saturated heterocycles. The number of halogens is 3. The van der Waals surface area contributed by atoms with Crippen LogP contribution >= 0.6 is 51.6 Å². The summed E-state index contributed by atoms with van der Waals surface area (Å²) in [5.41, 5.74) is 2.75. The molecule has 4 rings (SSSR count). The number of carboxylic acid groups (broad SMARTS) is 1. The van der Waals surface area contributed by atoms with Gasteiger partial charge in [0.05, 0.1) is 33.3 Å². The van der Waals surface area contributed by atoms with E-state index >= 15 is 0 Å². The maximum absolute atomic E-state index is 10.9. The van der Waals surface area contributed by atoms with Crippen molar-refractivity contribution in [3.8, 4) is 5.75 Å². The minimum atomic E-state index is -1.12. The molecule has 0 aliphatic heterocycles. The fraction of sp³-hybridized carbons (Fsp3) is 0.136. The maximum Gasteiger partial charge on any atom is 0.356 e. The molecule has 3 aromatic heterocycles. The van der Waals surface area contributed by atoms with E-state index in [4.69, 9.17) is 33.0 Å². The van der Waals surface area contributed by atoms with Crippen LogP contribution in [0.2, 0.25) is 10.0 Å². The predicted molar refractivity (Wildman–Crippen MR) is 145 cm³/mol. The van der Waals surface area contributed by atoms with E-state index in [9.17, 15) is 4.79 Å². The Labute approximate surface area is 220 Å². The van der Waals surface area contributed by atoms with E-state index in [1.54, 1.807) is 18.2 Å². The number of rotatable bonds is 7. The highest BCUT2D eigenvalue weighted by Gasteiger charge is 2.12. The van der Waals surface area contributed by atoms with Crippen LogP contribution in [0.15, 0.2) is 42.7 Å². The Morgan fingerprint density at radius 3 is 2.50 bits per heavy atom. The predicted octanol–water partition coefficient (Wildman–Crippen LogP) is 6.79. The minimum Gasteiger partial charge on any atom is -0.489 e. The molecular weight excluding hydrogens is 611 g/mol. The van der Waals surface area contributed by atoms with Crippen LogP contribution in [0, 0.1) is 0 Å². The lowest BCUT2D eigenvalue weighted by Crippen LogP contribution is -2.01. The smallest absolute Gasteiger partial charge is 0.356 e. The molecule has 1 aromatic carbocycles. The van der Waals surface area contributed by atoms with Gasteiger partial charge in [-0.05, 0) is 64.5 Å². The lowest BCUT2D eigenvalue weighted by molar-refractivity contribution is 0.0689. The van der Waals surface area contributed by atoms with Crippen molar-refractivity contribution in [1.82, 2.24) is 24.7 Å². The van der Waals surface area contributed by atoms with Crippen molar-refractivity contribution in [2.45, 2.75) is 20.5 Å². The summed E-state index contributed by atoms with van der Waals surface area (Å²) in [5.74, 6) is -0.485. The molecule has 0 fully saturated rings. The average molecular weight is 630 g/mol. The summed E-state index contributed by atoms with van der Waals surface area (Å²) in [6.45, 7) is 4.20. The molecule has 34 heavy (non-hydrogen) atoms. The van der Waals surface area contributed by atoms with Crippen LogP contribution in [0.4, 0.5) is 0 Å². The molecule has 12 heteroatoms. The van der Waals surface area contributed by atoms with Gasteiger partial charge in [0.2, 0.25) is 0 Å². The molecule has 3 heterocycles. The van der Waals surface area contributed by atoms with Crippen LogP contribution in [-0.2, 0) is 6.61 Å². The summed E-state index contributed by atoms with van der Waals surface area (Å²) in [4.78, 5) is 14.9. The molecule has 0 aliphatic rings. The molecule has 8 nitrogen and oxygen atoms in total. The average Bonchev–Trinajstić information content (AvgIpc) is 3.21. The third-order valence-electron chi connectivity index (χ3n) is 4.41. The SMILES string of the molecule is CC.O=C(O)c1ccc(/C=C/c2nn(PI)c3ccc(OCc4c(Cl)cncc4Cl)cc23)nn1. The third-order valence-corrected chi connectivity index (χ3v) is 6.94. The second kappa shape index (κ2) is 12.4. The lowest BCUT2D eigenvalue weighted by atomic mass is 10.2. The molecule has 0 amide bonds. The van der Waals surface area contributed by atoms with E-state index < -0.39 is 5.97 Å². The highest BCUT2D eigenvalue weighted by molar-refractivity contribution is 14.2. The van der Waals surface area contributed by atoms with Crippen LogP contribution in [0.5, 0.6) is 5.75 Å². The first-order valence-corrected chi connectivity index (χ1v) is 14.8. The van der Waals surface area contributed by atoms with Gasteiger partial charge in [-0.1, -0.05) is 37.0 Å². The Bertz CT molecular complexity index is 1310. The van der Waals surface area contributed by atoms with E-state index in [1.165, 1.54) is 18.5 Å². The Hall–Kier alpha value is -2.33. The molecule has 1 N–H and O–H groups in total. The first-order valence-electron chi connectivity index (χ1n) is 10.0. The van der Waals surface area contributed by atoms with Crippen LogP contribution < -0.4 is 4.74 Å². The molecule has 4 aromatic rings. The number of hydrogen-bond acceptors (Lipinski definition) is 6. The number of pyridine rings is 1. The van der Waals surface area contributed by atoms with Gasteiger partial charge in [0, 0.05) is 23.3 Å². The third kappa shape index (κ3) is 6.21. The molecule has 0 saturated carbocycles. The van der Waals surface area contributed by atoms with Crippen LogP contribution in [0.25, 0.3) is 23.1 Å². The van der Waals surface area contributed by atoms with E-state index in [2.05, 4.69) is 42.3 Å². The van der Waals surface area contributed by atoms with E-state index in [-0.39, 0.29) is 12.3 Å². The summed E-state index contributed by atoms with van der Waals surface area (Å²) >= 11 is 14.6. The van der Waals surface area contributed by atoms with Crippen LogP contribution in [-0.4, -0.2) is 35.8 Å². The Morgan fingerprint density at radius 2 is 1.88 bits per heavy atom. The van der Waals surface area contributed by atoms with Gasteiger partial charge in [-0.25, -0.2) is 9.25 Å². The molecule has 0 aliphatic carbocycles. The fourth-order valence-electron chi connectivity index (χ4n) is 2.84. The zero-order chi connectivity index (χ0) is 24.7.